The van der Waals surface area contributed by atoms with Crippen LogP contribution in [0.4, 0.5) is 11.4 Å². The molecule has 1 aliphatic heterocycles. The third-order valence-electron chi connectivity index (χ3n) is 2.96. The summed E-state index contributed by atoms with van der Waals surface area (Å²) >= 11 is 1.98. The summed E-state index contributed by atoms with van der Waals surface area (Å²) in [5.74, 6) is 1.24. The van der Waals surface area contributed by atoms with E-state index in [0.717, 1.165) is 12.2 Å². The number of rotatable bonds is 4. The Hall–Kier alpha value is -1.23. The molecular weight excluding hydrogens is 236 g/mol. The zero-order chi connectivity index (χ0) is 12.3. The van der Waals surface area contributed by atoms with E-state index in [2.05, 4.69) is 5.32 Å². The van der Waals surface area contributed by atoms with Crippen molar-refractivity contribution >= 4 is 23.1 Å². The summed E-state index contributed by atoms with van der Waals surface area (Å²) in [7, 11) is 0. The monoisotopic (exact) mass is 252 g/mol. The van der Waals surface area contributed by atoms with Gasteiger partial charge in [-0.2, -0.15) is 11.8 Å². The molecule has 0 amide bonds. The minimum atomic E-state index is -0.329. The van der Waals surface area contributed by atoms with Crippen LogP contribution in [0.2, 0.25) is 0 Å². The second-order valence-corrected chi connectivity index (χ2v) is 5.68. The molecule has 2 rings (SSSR count). The summed E-state index contributed by atoms with van der Waals surface area (Å²) in [6, 6.07) is 5.32. The van der Waals surface area contributed by atoms with E-state index in [1.165, 1.54) is 18.6 Å². The van der Waals surface area contributed by atoms with Gasteiger partial charge in [-0.1, -0.05) is 6.07 Å². The minimum absolute atomic E-state index is 0.189. The van der Waals surface area contributed by atoms with Gasteiger partial charge in [-0.05, 0) is 31.6 Å². The molecule has 1 unspecified atom stereocenters. The van der Waals surface area contributed by atoms with E-state index in [1.807, 2.05) is 17.8 Å². The van der Waals surface area contributed by atoms with Crippen molar-refractivity contribution < 1.29 is 4.92 Å². The van der Waals surface area contributed by atoms with Gasteiger partial charge in [0.05, 0.1) is 4.92 Å². The fraction of sp³-hybridized carbons (Fsp3) is 0.500. The zero-order valence-electron chi connectivity index (χ0n) is 9.81. The van der Waals surface area contributed by atoms with Gasteiger partial charge in [0.2, 0.25) is 0 Å². The van der Waals surface area contributed by atoms with E-state index in [-0.39, 0.29) is 10.6 Å². The number of benzene rings is 1. The van der Waals surface area contributed by atoms with Gasteiger partial charge in [-0.15, -0.1) is 0 Å². The van der Waals surface area contributed by atoms with Gasteiger partial charge in [0.15, 0.2) is 0 Å². The Kier molecular flexibility index (Phi) is 3.89. The molecule has 5 heteroatoms. The molecule has 1 N–H and O–H groups in total. The fourth-order valence-electron chi connectivity index (χ4n) is 1.95. The molecule has 0 saturated carbocycles. The average molecular weight is 252 g/mol. The third-order valence-corrected chi connectivity index (χ3v) is 4.36. The Morgan fingerprint density at radius 3 is 3.06 bits per heavy atom. The van der Waals surface area contributed by atoms with Crippen molar-refractivity contribution in [3.8, 4) is 0 Å². The number of hydrogen-bond donors (Lipinski definition) is 1. The number of nitro groups is 1. The lowest BCUT2D eigenvalue weighted by atomic mass is 10.2. The summed E-state index contributed by atoms with van der Waals surface area (Å²) in [5.41, 5.74) is 1.74. The van der Waals surface area contributed by atoms with Crippen LogP contribution in [-0.4, -0.2) is 22.5 Å². The second kappa shape index (κ2) is 5.40. The van der Waals surface area contributed by atoms with Crippen molar-refractivity contribution in [1.29, 1.82) is 0 Å². The molecule has 1 fully saturated rings. The predicted molar refractivity (Wildman–Crippen MR) is 71.8 cm³/mol. The van der Waals surface area contributed by atoms with Crippen molar-refractivity contribution in [1.82, 2.24) is 0 Å². The highest BCUT2D eigenvalue weighted by Crippen LogP contribution is 2.27. The number of nitrogens with zero attached hydrogens (tertiary/aromatic N) is 1. The molecule has 1 aliphatic rings. The van der Waals surface area contributed by atoms with E-state index in [0.29, 0.717) is 10.8 Å². The van der Waals surface area contributed by atoms with Gasteiger partial charge < -0.3 is 5.32 Å². The van der Waals surface area contributed by atoms with Gasteiger partial charge in [0, 0.05) is 29.1 Å². The minimum Gasteiger partial charge on any atom is -0.384 e. The van der Waals surface area contributed by atoms with Crippen molar-refractivity contribution in [2.24, 2.45) is 0 Å². The van der Waals surface area contributed by atoms with Crippen LogP contribution in [0.5, 0.6) is 0 Å². The second-order valence-electron chi connectivity index (χ2n) is 4.27. The lowest BCUT2D eigenvalue weighted by Crippen LogP contribution is -2.13. The maximum atomic E-state index is 10.8. The van der Waals surface area contributed by atoms with Gasteiger partial charge >= 0.3 is 0 Å². The van der Waals surface area contributed by atoms with E-state index in [1.54, 1.807) is 19.1 Å². The van der Waals surface area contributed by atoms with Crippen LogP contribution in [-0.2, 0) is 0 Å². The maximum Gasteiger partial charge on any atom is 0.274 e. The Balaban J connectivity index is 2.00. The first-order chi connectivity index (χ1) is 8.16. The normalized spacial score (nSPS) is 19.2. The van der Waals surface area contributed by atoms with Crippen molar-refractivity contribution in [2.45, 2.75) is 25.0 Å². The maximum absolute atomic E-state index is 10.8. The van der Waals surface area contributed by atoms with Crippen LogP contribution in [0.1, 0.15) is 18.4 Å². The first-order valence-electron chi connectivity index (χ1n) is 5.77. The number of anilines is 1. The molecule has 1 aromatic carbocycles. The summed E-state index contributed by atoms with van der Waals surface area (Å²) in [6.07, 6.45) is 2.52. The molecule has 1 aromatic rings. The highest BCUT2D eigenvalue weighted by molar-refractivity contribution is 8.00. The Labute approximate surface area is 105 Å². The number of nitrogens with one attached hydrogen (secondary N) is 1. The van der Waals surface area contributed by atoms with Gasteiger partial charge in [-0.3, -0.25) is 10.1 Å². The Morgan fingerprint density at radius 1 is 1.59 bits per heavy atom. The van der Waals surface area contributed by atoms with Crippen LogP contribution in [0.25, 0.3) is 0 Å². The van der Waals surface area contributed by atoms with Crippen LogP contribution in [0.15, 0.2) is 18.2 Å². The van der Waals surface area contributed by atoms with Crippen LogP contribution >= 0.6 is 11.8 Å². The topological polar surface area (TPSA) is 55.2 Å². The van der Waals surface area contributed by atoms with Gasteiger partial charge in [-0.25, -0.2) is 0 Å². The molecule has 4 nitrogen and oxygen atoms in total. The predicted octanol–water partition coefficient (Wildman–Crippen LogP) is 3.21. The summed E-state index contributed by atoms with van der Waals surface area (Å²) in [5, 5.41) is 14.7. The quantitative estimate of drug-likeness (QED) is 0.660. The van der Waals surface area contributed by atoms with E-state index in [9.17, 15) is 10.1 Å². The lowest BCUT2D eigenvalue weighted by molar-refractivity contribution is -0.385. The summed E-state index contributed by atoms with van der Waals surface area (Å²) < 4.78 is 0. The van der Waals surface area contributed by atoms with Crippen LogP contribution in [0.3, 0.4) is 0 Å². The molecule has 0 bridgehead atoms. The molecule has 0 aromatic heterocycles. The summed E-state index contributed by atoms with van der Waals surface area (Å²) in [4.78, 5) is 10.5. The van der Waals surface area contributed by atoms with Crippen molar-refractivity contribution in [2.75, 3.05) is 17.6 Å². The number of hydrogen-bond acceptors (Lipinski definition) is 4. The SMILES string of the molecule is Cc1ccc(NCC2CCCS2)cc1[N+](=O)[O-]. The van der Waals surface area contributed by atoms with Crippen LogP contribution in [0, 0.1) is 17.0 Å². The summed E-state index contributed by atoms with van der Waals surface area (Å²) in [6.45, 7) is 2.65. The first kappa shape index (κ1) is 12.2. The molecule has 17 heavy (non-hydrogen) atoms. The fourth-order valence-corrected chi connectivity index (χ4v) is 3.15. The molecule has 92 valence electrons. The lowest BCUT2D eigenvalue weighted by Gasteiger charge is -2.11. The molecular formula is C12H16N2O2S. The number of nitro benzene ring substituents is 1. The molecule has 1 saturated heterocycles. The van der Waals surface area contributed by atoms with E-state index in [4.69, 9.17) is 0 Å². The highest BCUT2D eigenvalue weighted by atomic mass is 32.2. The number of aryl methyl sites for hydroxylation is 1. The van der Waals surface area contributed by atoms with E-state index < -0.39 is 0 Å². The van der Waals surface area contributed by atoms with Crippen LogP contribution < -0.4 is 5.32 Å². The largest absolute Gasteiger partial charge is 0.384 e. The Morgan fingerprint density at radius 2 is 2.41 bits per heavy atom. The van der Waals surface area contributed by atoms with Gasteiger partial charge in [0.1, 0.15) is 0 Å². The van der Waals surface area contributed by atoms with Gasteiger partial charge in [0.25, 0.3) is 5.69 Å². The van der Waals surface area contributed by atoms with Crippen molar-refractivity contribution in [3.63, 3.8) is 0 Å². The van der Waals surface area contributed by atoms with Crippen molar-refractivity contribution in [3.05, 3.63) is 33.9 Å². The Bertz CT molecular complexity index is 417. The zero-order valence-corrected chi connectivity index (χ0v) is 10.6. The molecule has 1 heterocycles. The molecule has 0 aliphatic carbocycles. The smallest absolute Gasteiger partial charge is 0.274 e. The molecule has 1 atom stereocenters. The molecule has 0 radical (unpaired) electrons. The third kappa shape index (κ3) is 3.12. The first-order valence-corrected chi connectivity index (χ1v) is 6.82. The average Bonchev–Trinajstić information content (AvgIpc) is 2.80. The molecule has 0 spiro atoms. The van der Waals surface area contributed by atoms with E-state index >= 15 is 0 Å². The number of thioether (sulfide) groups is 1. The standard InChI is InChI=1S/C12H16N2O2S/c1-9-4-5-10(7-12(9)14(15)16)13-8-11-3-2-6-17-11/h4-5,7,11,13H,2-3,6,8H2,1H3. The highest BCUT2D eigenvalue weighted by Gasteiger charge is 2.16.